The molecule has 8 heteroatoms. The van der Waals surface area contributed by atoms with E-state index in [9.17, 15) is 4.79 Å². The minimum Gasteiger partial charge on any atom is -0.485 e. The van der Waals surface area contributed by atoms with Gasteiger partial charge in [0.2, 0.25) is 11.1 Å². The third kappa shape index (κ3) is 6.96. The van der Waals surface area contributed by atoms with Gasteiger partial charge in [-0.25, -0.2) is 4.68 Å². The number of carbonyl (C=O) groups is 1. The van der Waals surface area contributed by atoms with Crippen LogP contribution in [0.5, 0.6) is 5.75 Å². The van der Waals surface area contributed by atoms with Gasteiger partial charge in [-0.2, -0.15) is 0 Å². The van der Waals surface area contributed by atoms with Gasteiger partial charge in [0.15, 0.2) is 5.82 Å². The summed E-state index contributed by atoms with van der Waals surface area (Å²) in [6.07, 6.45) is 0. The Hall–Kier alpha value is -2.22. The van der Waals surface area contributed by atoms with Crippen molar-refractivity contribution < 1.29 is 9.53 Å². The molecule has 0 aliphatic heterocycles. The fourth-order valence-corrected chi connectivity index (χ4v) is 3.76. The minimum atomic E-state index is 0.0912. The molecule has 0 atom stereocenters. The van der Waals surface area contributed by atoms with Gasteiger partial charge in [-0.05, 0) is 37.3 Å². The molecular weight excluding hydrogens is 386 g/mol. The van der Waals surface area contributed by atoms with Crippen molar-refractivity contribution in [2.75, 3.05) is 24.7 Å². The van der Waals surface area contributed by atoms with E-state index < -0.39 is 0 Å². The predicted octanol–water partition coefficient (Wildman–Crippen LogP) is 3.42. The second-order valence-electron chi connectivity index (χ2n) is 8.20. The number of nitrogen functional groups attached to an aromatic ring is 1. The van der Waals surface area contributed by atoms with Crippen LogP contribution in [0.3, 0.4) is 0 Å². The molecule has 2 aromatic rings. The summed E-state index contributed by atoms with van der Waals surface area (Å²) in [5.41, 5.74) is 2.24. The fraction of sp³-hybridized carbons (Fsp3) is 0.571. The number of carbonyl (C=O) groups excluding carboxylic acids is 1. The molecule has 0 aliphatic rings. The molecule has 0 fully saturated rings. The molecule has 0 saturated heterocycles. The van der Waals surface area contributed by atoms with Gasteiger partial charge in [-0.3, -0.25) is 4.79 Å². The van der Waals surface area contributed by atoms with Crippen LogP contribution in [-0.4, -0.2) is 44.5 Å². The molecule has 0 radical (unpaired) electrons. The molecule has 1 aromatic heterocycles. The number of nitrogens with two attached hydrogens (primary N) is 1. The molecule has 0 saturated carbocycles. The van der Waals surface area contributed by atoms with Crippen molar-refractivity contribution in [3.8, 4) is 5.75 Å². The lowest BCUT2D eigenvalue weighted by Crippen LogP contribution is -2.38. The number of aryl methyl sites for hydroxylation is 2. The van der Waals surface area contributed by atoms with Crippen molar-refractivity contribution in [1.82, 2.24) is 19.8 Å². The van der Waals surface area contributed by atoms with Gasteiger partial charge < -0.3 is 15.5 Å². The first-order chi connectivity index (χ1) is 13.7. The van der Waals surface area contributed by atoms with Crippen LogP contribution in [0.25, 0.3) is 0 Å². The van der Waals surface area contributed by atoms with Gasteiger partial charge in [0.1, 0.15) is 12.4 Å². The highest BCUT2D eigenvalue weighted by molar-refractivity contribution is 7.99. The summed E-state index contributed by atoms with van der Waals surface area (Å²) in [7, 11) is 0. The standard InChI is InChI=1S/C21H33N5O2S/c1-14(2)10-25(11-15(3)4)20(27)13-29-21-24-23-19(26(21)22)12-28-18-8-7-16(5)9-17(18)6/h7-9,14-15H,10-13,22H2,1-6H3. The van der Waals surface area contributed by atoms with E-state index >= 15 is 0 Å². The summed E-state index contributed by atoms with van der Waals surface area (Å²) in [4.78, 5) is 14.6. The van der Waals surface area contributed by atoms with E-state index in [1.165, 1.54) is 22.0 Å². The SMILES string of the molecule is Cc1ccc(OCc2nnc(SCC(=O)N(CC(C)C)CC(C)C)n2N)c(C)c1. The minimum absolute atomic E-state index is 0.0912. The number of ether oxygens (including phenoxy) is 1. The zero-order chi connectivity index (χ0) is 21.6. The average Bonchev–Trinajstić information content (AvgIpc) is 2.97. The van der Waals surface area contributed by atoms with E-state index in [0.29, 0.717) is 22.8 Å². The summed E-state index contributed by atoms with van der Waals surface area (Å²) < 4.78 is 7.24. The summed E-state index contributed by atoms with van der Waals surface area (Å²) in [6.45, 7) is 14.2. The van der Waals surface area contributed by atoms with E-state index in [0.717, 1.165) is 24.4 Å². The van der Waals surface area contributed by atoms with E-state index in [2.05, 4.69) is 44.0 Å². The molecule has 1 heterocycles. The molecule has 160 valence electrons. The topological polar surface area (TPSA) is 86.3 Å². The average molecular weight is 420 g/mol. The second-order valence-corrected chi connectivity index (χ2v) is 9.14. The fourth-order valence-electron chi connectivity index (χ4n) is 2.98. The van der Waals surface area contributed by atoms with Crippen LogP contribution in [0.15, 0.2) is 23.4 Å². The highest BCUT2D eigenvalue weighted by atomic mass is 32.2. The molecule has 7 nitrogen and oxygen atoms in total. The number of hydrogen-bond acceptors (Lipinski definition) is 6. The number of thioether (sulfide) groups is 1. The lowest BCUT2D eigenvalue weighted by atomic mass is 10.1. The summed E-state index contributed by atoms with van der Waals surface area (Å²) in [6, 6.07) is 6.01. The third-order valence-corrected chi connectivity index (χ3v) is 5.20. The van der Waals surface area contributed by atoms with Crippen molar-refractivity contribution in [3.05, 3.63) is 35.2 Å². The van der Waals surface area contributed by atoms with Gasteiger partial charge in [0.05, 0.1) is 5.75 Å². The lowest BCUT2D eigenvalue weighted by molar-refractivity contribution is -0.129. The number of amides is 1. The van der Waals surface area contributed by atoms with Gasteiger partial charge >= 0.3 is 0 Å². The summed E-state index contributed by atoms with van der Waals surface area (Å²) in [5.74, 6) is 8.65. The first kappa shape index (κ1) is 23.1. The normalized spacial score (nSPS) is 11.3. The van der Waals surface area contributed by atoms with Crippen molar-refractivity contribution in [3.63, 3.8) is 0 Å². The molecule has 0 bridgehead atoms. The zero-order valence-corrected chi connectivity index (χ0v) is 19.1. The highest BCUT2D eigenvalue weighted by Gasteiger charge is 2.19. The van der Waals surface area contributed by atoms with Gasteiger partial charge in [0, 0.05) is 13.1 Å². The molecule has 2 rings (SSSR count). The Bertz CT molecular complexity index is 809. The molecular formula is C21H33N5O2S. The first-order valence-electron chi connectivity index (χ1n) is 9.97. The van der Waals surface area contributed by atoms with Crippen LogP contribution < -0.4 is 10.6 Å². The van der Waals surface area contributed by atoms with Gasteiger partial charge in [0.25, 0.3) is 0 Å². The van der Waals surface area contributed by atoms with Crippen LogP contribution in [0, 0.1) is 25.7 Å². The molecule has 0 spiro atoms. The number of nitrogens with zero attached hydrogens (tertiary/aromatic N) is 4. The highest BCUT2D eigenvalue weighted by Crippen LogP contribution is 2.21. The second kappa shape index (κ2) is 10.5. The predicted molar refractivity (Wildman–Crippen MR) is 117 cm³/mol. The molecule has 0 aliphatic carbocycles. The van der Waals surface area contributed by atoms with Crippen LogP contribution in [0.2, 0.25) is 0 Å². The lowest BCUT2D eigenvalue weighted by Gasteiger charge is -2.26. The van der Waals surface area contributed by atoms with Crippen molar-refractivity contribution >= 4 is 17.7 Å². The Labute approximate surface area is 178 Å². The quantitative estimate of drug-likeness (QED) is 0.469. The largest absolute Gasteiger partial charge is 0.485 e. The number of benzene rings is 1. The number of aromatic nitrogens is 3. The smallest absolute Gasteiger partial charge is 0.233 e. The zero-order valence-electron chi connectivity index (χ0n) is 18.3. The molecule has 1 amide bonds. The number of rotatable bonds is 10. The third-order valence-electron chi connectivity index (χ3n) is 4.27. The van der Waals surface area contributed by atoms with Crippen molar-refractivity contribution in [2.45, 2.75) is 53.3 Å². The molecule has 0 unspecified atom stereocenters. The number of hydrogen-bond donors (Lipinski definition) is 1. The Kier molecular flexibility index (Phi) is 8.37. The van der Waals surface area contributed by atoms with Crippen LogP contribution in [0.1, 0.15) is 44.6 Å². The molecule has 2 N–H and O–H groups in total. The van der Waals surface area contributed by atoms with Crippen molar-refractivity contribution in [2.24, 2.45) is 11.8 Å². The first-order valence-corrected chi connectivity index (χ1v) is 11.0. The Balaban J connectivity index is 1.95. The maximum atomic E-state index is 12.7. The maximum Gasteiger partial charge on any atom is 0.233 e. The summed E-state index contributed by atoms with van der Waals surface area (Å²) >= 11 is 1.30. The monoisotopic (exact) mass is 419 g/mol. The molecule has 1 aromatic carbocycles. The van der Waals surface area contributed by atoms with Crippen LogP contribution >= 0.6 is 11.8 Å². The maximum absolute atomic E-state index is 12.7. The Morgan fingerprint density at radius 3 is 2.41 bits per heavy atom. The van der Waals surface area contributed by atoms with Gasteiger partial charge in [-0.1, -0.05) is 57.2 Å². The van der Waals surface area contributed by atoms with Crippen LogP contribution in [0.4, 0.5) is 0 Å². The van der Waals surface area contributed by atoms with Crippen LogP contribution in [-0.2, 0) is 11.4 Å². The van der Waals surface area contributed by atoms with E-state index in [1.54, 1.807) is 0 Å². The van der Waals surface area contributed by atoms with Crippen molar-refractivity contribution in [1.29, 1.82) is 0 Å². The van der Waals surface area contributed by atoms with E-state index in [-0.39, 0.29) is 18.3 Å². The Morgan fingerprint density at radius 2 is 1.83 bits per heavy atom. The summed E-state index contributed by atoms with van der Waals surface area (Å²) in [5, 5.41) is 8.74. The van der Waals surface area contributed by atoms with E-state index in [1.807, 2.05) is 30.9 Å². The Morgan fingerprint density at radius 1 is 1.17 bits per heavy atom. The molecule has 29 heavy (non-hydrogen) atoms. The van der Waals surface area contributed by atoms with Gasteiger partial charge in [-0.15, -0.1) is 10.2 Å². The van der Waals surface area contributed by atoms with E-state index in [4.69, 9.17) is 10.6 Å².